The van der Waals surface area contributed by atoms with Crippen molar-refractivity contribution in [2.75, 3.05) is 0 Å². The number of aromatic nitrogens is 1. The van der Waals surface area contributed by atoms with Crippen molar-refractivity contribution in [3.63, 3.8) is 0 Å². The zero-order chi connectivity index (χ0) is 37.5. The molecule has 0 radical (unpaired) electrons. The number of benzene rings is 7. The lowest BCUT2D eigenvalue weighted by atomic mass is 9.94. The predicted octanol–water partition coefficient (Wildman–Crippen LogP) is 13.6. The standard InChI is InChI=1S/C52H37N3OS/c1-3-13-32(14-4-1)41-31-42(33-15-5-2-6-16-33)54-52(53-41)39-19-11-24-49-50(39)40-29-34(26-28-48(40)57-49)35-25-27-38-47(30-35)56-46-23-12-22-45(51(38)46)55-43-20-9-7-17-36(43)37-18-8-10-21-44(37)55/h1,3-5,7-31,42,52-54H,2,6H2/t42-,52?/m0/s1. The number of rotatable bonds is 5. The summed E-state index contributed by atoms with van der Waals surface area (Å²) in [6, 6.07) is 55.0. The molecule has 0 bridgehead atoms. The number of allylic oxidation sites excluding steroid dienone is 2. The fraction of sp³-hybridized carbons (Fsp3) is 0.0769. The summed E-state index contributed by atoms with van der Waals surface area (Å²) in [6.07, 6.45) is 11.4. The van der Waals surface area contributed by atoms with E-state index in [4.69, 9.17) is 4.42 Å². The third-order valence-electron chi connectivity index (χ3n) is 11.9. The zero-order valence-electron chi connectivity index (χ0n) is 31.1. The van der Waals surface area contributed by atoms with Gasteiger partial charge in [-0.25, -0.2) is 0 Å². The number of hydrogen-bond acceptors (Lipinski definition) is 4. The second-order valence-electron chi connectivity index (χ2n) is 15.2. The van der Waals surface area contributed by atoms with Crippen LogP contribution < -0.4 is 10.6 Å². The molecular weight excluding hydrogens is 715 g/mol. The number of furan rings is 1. The summed E-state index contributed by atoms with van der Waals surface area (Å²) < 4.78 is 11.6. The van der Waals surface area contributed by atoms with Crippen LogP contribution in [0.2, 0.25) is 0 Å². The van der Waals surface area contributed by atoms with Gasteiger partial charge < -0.3 is 14.3 Å². The lowest BCUT2D eigenvalue weighted by Gasteiger charge is -2.34. The maximum atomic E-state index is 6.68. The van der Waals surface area contributed by atoms with Gasteiger partial charge in [0.2, 0.25) is 0 Å². The number of nitrogens with zero attached hydrogens (tertiary/aromatic N) is 1. The van der Waals surface area contributed by atoms with E-state index in [0.29, 0.717) is 0 Å². The molecule has 4 heterocycles. The van der Waals surface area contributed by atoms with E-state index in [9.17, 15) is 0 Å². The van der Waals surface area contributed by atoms with Crippen LogP contribution in [0.3, 0.4) is 0 Å². The highest BCUT2D eigenvalue weighted by molar-refractivity contribution is 7.25. The first-order valence-corrected chi connectivity index (χ1v) is 20.6. The van der Waals surface area contributed by atoms with E-state index in [1.54, 1.807) is 0 Å². The van der Waals surface area contributed by atoms with Gasteiger partial charge in [0, 0.05) is 42.0 Å². The summed E-state index contributed by atoms with van der Waals surface area (Å²) in [5, 5.41) is 15.2. The lowest BCUT2D eigenvalue weighted by molar-refractivity contribution is 0.465. The Morgan fingerprint density at radius 1 is 0.579 bits per heavy atom. The van der Waals surface area contributed by atoms with Crippen molar-refractivity contribution < 1.29 is 4.42 Å². The Bertz CT molecular complexity index is 3270. The molecule has 0 saturated heterocycles. The van der Waals surface area contributed by atoms with Crippen molar-refractivity contribution in [2.24, 2.45) is 0 Å². The fourth-order valence-electron chi connectivity index (χ4n) is 9.29. The minimum absolute atomic E-state index is 0.0766. The highest BCUT2D eigenvalue weighted by Crippen LogP contribution is 2.43. The van der Waals surface area contributed by atoms with Gasteiger partial charge in [0.05, 0.1) is 28.1 Å². The molecule has 3 aromatic heterocycles. The van der Waals surface area contributed by atoms with Crippen LogP contribution in [0.25, 0.3) is 86.4 Å². The van der Waals surface area contributed by atoms with Crippen molar-refractivity contribution >= 4 is 81.0 Å². The smallest absolute Gasteiger partial charge is 0.137 e. The Kier molecular flexibility index (Phi) is 7.40. The molecule has 0 spiro atoms. The van der Waals surface area contributed by atoms with Gasteiger partial charge in [-0.15, -0.1) is 11.3 Å². The Morgan fingerprint density at radius 2 is 1.35 bits per heavy atom. The van der Waals surface area contributed by atoms with E-state index >= 15 is 0 Å². The molecule has 0 amide bonds. The van der Waals surface area contributed by atoms with Crippen LogP contribution in [0, 0.1) is 0 Å². The van der Waals surface area contributed by atoms with Crippen LogP contribution in [0.5, 0.6) is 0 Å². The molecule has 1 aliphatic heterocycles. The largest absolute Gasteiger partial charge is 0.456 e. The average molecular weight is 752 g/mol. The molecule has 0 fully saturated rings. The summed E-state index contributed by atoms with van der Waals surface area (Å²) in [7, 11) is 0. The third kappa shape index (κ3) is 5.23. The van der Waals surface area contributed by atoms with Crippen LogP contribution in [0.15, 0.2) is 186 Å². The Morgan fingerprint density at radius 3 is 2.18 bits per heavy atom. The van der Waals surface area contributed by atoms with Crippen LogP contribution in [0.4, 0.5) is 0 Å². The van der Waals surface area contributed by atoms with Gasteiger partial charge in [-0.3, -0.25) is 5.32 Å². The summed E-state index contributed by atoms with van der Waals surface area (Å²) in [6.45, 7) is 0. The van der Waals surface area contributed by atoms with Gasteiger partial charge in [0.15, 0.2) is 0 Å². The highest BCUT2D eigenvalue weighted by atomic mass is 32.1. The first kappa shape index (κ1) is 32.6. The minimum atomic E-state index is -0.0766. The Labute approximate surface area is 333 Å². The summed E-state index contributed by atoms with van der Waals surface area (Å²) >= 11 is 1.86. The van der Waals surface area contributed by atoms with Gasteiger partial charge in [-0.2, -0.15) is 0 Å². The zero-order valence-corrected chi connectivity index (χ0v) is 31.9. The van der Waals surface area contributed by atoms with Crippen molar-refractivity contribution in [1.82, 2.24) is 15.2 Å². The van der Waals surface area contributed by atoms with Crippen LogP contribution in [-0.2, 0) is 0 Å². The van der Waals surface area contributed by atoms with E-state index in [2.05, 4.69) is 191 Å². The van der Waals surface area contributed by atoms with E-state index in [1.807, 2.05) is 11.3 Å². The topological polar surface area (TPSA) is 42.1 Å². The quantitative estimate of drug-likeness (QED) is 0.184. The van der Waals surface area contributed by atoms with Crippen molar-refractivity contribution in [1.29, 1.82) is 0 Å². The predicted molar refractivity (Wildman–Crippen MR) is 240 cm³/mol. The molecule has 2 aliphatic rings. The van der Waals surface area contributed by atoms with Crippen molar-refractivity contribution in [3.8, 4) is 16.8 Å². The molecule has 4 nitrogen and oxygen atoms in total. The molecule has 2 atom stereocenters. The molecule has 1 aliphatic carbocycles. The molecule has 2 N–H and O–H groups in total. The van der Waals surface area contributed by atoms with Crippen molar-refractivity contribution in [2.45, 2.75) is 25.0 Å². The SMILES string of the molecule is C1=CC([C@@H]2C=C(c3ccccc3)NC(c3cccc4sc5ccc(-c6ccc7c(c6)oc6cccc(-n8c9ccccc9c9ccccc98)c67)cc5c34)N2)=CCC1. The monoisotopic (exact) mass is 751 g/mol. The molecule has 10 aromatic rings. The van der Waals surface area contributed by atoms with Gasteiger partial charge in [-0.1, -0.05) is 115 Å². The van der Waals surface area contributed by atoms with E-state index in [0.717, 1.165) is 51.7 Å². The van der Waals surface area contributed by atoms with Gasteiger partial charge in [0.1, 0.15) is 17.3 Å². The van der Waals surface area contributed by atoms with Gasteiger partial charge in [-0.05, 0) is 101 Å². The van der Waals surface area contributed by atoms with Crippen LogP contribution in [0.1, 0.15) is 30.1 Å². The molecule has 5 heteroatoms. The summed E-state index contributed by atoms with van der Waals surface area (Å²) in [5.41, 5.74) is 12.5. The minimum Gasteiger partial charge on any atom is -0.456 e. The first-order chi connectivity index (χ1) is 28.2. The normalized spacial score (nSPS) is 17.2. The lowest BCUT2D eigenvalue weighted by Crippen LogP contribution is -2.44. The Hall–Kier alpha value is -6.66. The number of fused-ring (bicyclic) bond motifs is 9. The average Bonchev–Trinajstić information content (AvgIpc) is 3.96. The van der Waals surface area contributed by atoms with Gasteiger partial charge in [0.25, 0.3) is 0 Å². The molecule has 0 saturated carbocycles. The number of hydrogen-bond donors (Lipinski definition) is 2. The first-order valence-electron chi connectivity index (χ1n) is 19.8. The molecule has 272 valence electrons. The second kappa shape index (κ2) is 13.0. The highest BCUT2D eigenvalue weighted by Gasteiger charge is 2.27. The maximum absolute atomic E-state index is 6.68. The molecule has 1 unspecified atom stereocenters. The van der Waals surface area contributed by atoms with Crippen LogP contribution in [-0.4, -0.2) is 10.6 Å². The summed E-state index contributed by atoms with van der Waals surface area (Å²) in [4.78, 5) is 0. The second-order valence-corrected chi connectivity index (χ2v) is 16.3. The fourth-order valence-corrected chi connectivity index (χ4v) is 10.4. The summed E-state index contributed by atoms with van der Waals surface area (Å²) in [5.74, 6) is 0. The van der Waals surface area contributed by atoms with Crippen LogP contribution >= 0.6 is 11.3 Å². The molecular formula is C52H37N3OS. The third-order valence-corrected chi connectivity index (χ3v) is 13.1. The molecule has 57 heavy (non-hydrogen) atoms. The number of nitrogens with one attached hydrogen (secondary N) is 2. The molecule has 7 aromatic carbocycles. The van der Waals surface area contributed by atoms with E-state index < -0.39 is 0 Å². The molecule has 12 rings (SSSR count). The van der Waals surface area contributed by atoms with Gasteiger partial charge >= 0.3 is 0 Å². The van der Waals surface area contributed by atoms with E-state index in [-0.39, 0.29) is 12.2 Å². The number of para-hydroxylation sites is 2. The Balaban J connectivity index is 0.973. The number of thiophene rings is 1. The maximum Gasteiger partial charge on any atom is 0.137 e. The van der Waals surface area contributed by atoms with E-state index in [1.165, 1.54) is 64.2 Å². The van der Waals surface area contributed by atoms with Crippen molar-refractivity contribution in [3.05, 3.63) is 193 Å².